The van der Waals surface area contributed by atoms with Gasteiger partial charge in [-0.05, 0) is 74.1 Å². The van der Waals surface area contributed by atoms with Crippen LogP contribution in [-0.4, -0.2) is 9.55 Å². The van der Waals surface area contributed by atoms with E-state index in [-0.39, 0.29) is 0 Å². The molecule has 2 saturated carbocycles. The van der Waals surface area contributed by atoms with Gasteiger partial charge in [0.15, 0.2) is 0 Å². The molecule has 100 valence electrons. The summed E-state index contributed by atoms with van der Waals surface area (Å²) in [6.07, 6.45) is 7.96. The number of benzene rings is 1. The zero-order valence-electron chi connectivity index (χ0n) is 11.9. The van der Waals surface area contributed by atoms with Crippen LogP contribution in [-0.2, 0) is 6.54 Å². The number of imidazole rings is 1. The molecule has 19 heavy (non-hydrogen) atoms. The van der Waals surface area contributed by atoms with E-state index in [1.165, 1.54) is 48.9 Å². The number of aryl methyl sites for hydroxylation is 2. The molecule has 1 heterocycles. The third-order valence-corrected chi connectivity index (χ3v) is 5.55. The molecule has 0 amide bonds. The molecule has 2 aromatic rings. The maximum absolute atomic E-state index is 4.59. The molecule has 2 heteroatoms. The molecule has 3 atom stereocenters. The van der Waals surface area contributed by atoms with Crippen LogP contribution in [0.2, 0.25) is 0 Å². The van der Waals surface area contributed by atoms with Crippen molar-refractivity contribution < 1.29 is 0 Å². The van der Waals surface area contributed by atoms with Crippen LogP contribution in [0.25, 0.3) is 11.0 Å². The number of fused-ring (bicyclic) bond motifs is 3. The molecule has 2 bridgehead atoms. The summed E-state index contributed by atoms with van der Waals surface area (Å²) in [4.78, 5) is 4.59. The average Bonchev–Trinajstić information content (AvgIpc) is 3.08. The summed E-state index contributed by atoms with van der Waals surface area (Å²) in [7, 11) is 0. The molecule has 2 aliphatic carbocycles. The van der Waals surface area contributed by atoms with Crippen LogP contribution >= 0.6 is 0 Å². The van der Waals surface area contributed by atoms with Gasteiger partial charge in [0.2, 0.25) is 0 Å². The third kappa shape index (κ3) is 1.80. The number of nitrogens with zero attached hydrogens (tertiary/aromatic N) is 2. The van der Waals surface area contributed by atoms with Gasteiger partial charge in [0.1, 0.15) is 0 Å². The van der Waals surface area contributed by atoms with Crippen LogP contribution in [0.5, 0.6) is 0 Å². The molecule has 2 nitrogen and oxygen atoms in total. The van der Waals surface area contributed by atoms with E-state index in [0.717, 1.165) is 23.3 Å². The summed E-state index contributed by atoms with van der Waals surface area (Å²) in [6.45, 7) is 5.55. The third-order valence-electron chi connectivity index (χ3n) is 5.55. The average molecular weight is 254 g/mol. The summed E-state index contributed by atoms with van der Waals surface area (Å²) < 4.78 is 2.40. The molecule has 4 rings (SSSR count). The van der Waals surface area contributed by atoms with Crippen molar-refractivity contribution in [3.05, 3.63) is 29.6 Å². The molecule has 0 N–H and O–H groups in total. The number of rotatable bonds is 2. The van der Waals surface area contributed by atoms with Crippen LogP contribution in [0, 0.1) is 31.6 Å². The highest BCUT2D eigenvalue weighted by molar-refractivity contribution is 5.77. The van der Waals surface area contributed by atoms with Gasteiger partial charge in [-0.3, -0.25) is 0 Å². The Balaban J connectivity index is 1.66. The van der Waals surface area contributed by atoms with Gasteiger partial charge in [-0.2, -0.15) is 0 Å². The SMILES string of the molecule is Cc1cc2ncn(CC3CC4CCC3C4)c2cc1C. The Morgan fingerprint density at radius 1 is 1.16 bits per heavy atom. The molecule has 3 unspecified atom stereocenters. The van der Waals surface area contributed by atoms with Crippen LogP contribution in [0.15, 0.2) is 18.5 Å². The second kappa shape index (κ2) is 4.09. The minimum absolute atomic E-state index is 0.901. The Morgan fingerprint density at radius 3 is 2.74 bits per heavy atom. The molecule has 0 saturated heterocycles. The minimum Gasteiger partial charge on any atom is -0.330 e. The fourth-order valence-electron chi connectivity index (χ4n) is 4.31. The summed E-state index contributed by atoms with van der Waals surface area (Å²) in [5.74, 6) is 2.93. The topological polar surface area (TPSA) is 17.8 Å². The van der Waals surface area contributed by atoms with Crippen molar-refractivity contribution in [1.29, 1.82) is 0 Å². The van der Waals surface area contributed by atoms with Gasteiger partial charge >= 0.3 is 0 Å². The quantitative estimate of drug-likeness (QED) is 0.789. The first kappa shape index (κ1) is 11.5. The van der Waals surface area contributed by atoms with Crippen molar-refractivity contribution in [3.8, 4) is 0 Å². The fraction of sp³-hybridized carbons (Fsp3) is 0.588. The second-order valence-electron chi connectivity index (χ2n) is 6.76. The highest BCUT2D eigenvalue weighted by Crippen LogP contribution is 2.49. The maximum atomic E-state index is 4.59. The summed E-state index contributed by atoms with van der Waals surface area (Å²) in [5, 5.41) is 0. The van der Waals surface area contributed by atoms with E-state index >= 15 is 0 Å². The number of hydrogen-bond donors (Lipinski definition) is 0. The minimum atomic E-state index is 0.901. The molecule has 2 aliphatic rings. The van der Waals surface area contributed by atoms with Gasteiger partial charge in [-0.25, -0.2) is 4.98 Å². The lowest BCUT2D eigenvalue weighted by atomic mass is 9.89. The zero-order valence-corrected chi connectivity index (χ0v) is 11.9. The summed E-state index contributed by atoms with van der Waals surface area (Å²) in [6, 6.07) is 4.53. The molecule has 2 fully saturated rings. The van der Waals surface area contributed by atoms with Gasteiger partial charge < -0.3 is 4.57 Å². The van der Waals surface area contributed by atoms with Crippen molar-refractivity contribution in [2.75, 3.05) is 0 Å². The first-order valence-corrected chi connectivity index (χ1v) is 7.63. The van der Waals surface area contributed by atoms with Crippen molar-refractivity contribution in [1.82, 2.24) is 9.55 Å². The van der Waals surface area contributed by atoms with Crippen molar-refractivity contribution in [2.45, 2.75) is 46.1 Å². The van der Waals surface area contributed by atoms with Crippen molar-refractivity contribution >= 4 is 11.0 Å². The van der Waals surface area contributed by atoms with Crippen molar-refractivity contribution in [2.24, 2.45) is 17.8 Å². The van der Waals surface area contributed by atoms with E-state index in [1.54, 1.807) is 0 Å². The summed E-state index contributed by atoms with van der Waals surface area (Å²) in [5.41, 5.74) is 5.21. The van der Waals surface area contributed by atoms with Gasteiger partial charge in [0.05, 0.1) is 17.4 Å². The monoisotopic (exact) mass is 254 g/mol. The first-order chi connectivity index (χ1) is 9.20. The van der Waals surface area contributed by atoms with Gasteiger partial charge in [0, 0.05) is 6.54 Å². The lowest BCUT2D eigenvalue weighted by Gasteiger charge is -2.22. The largest absolute Gasteiger partial charge is 0.330 e. The van der Waals surface area contributed by atoms with E-state index in [9.17, 15) is 0 Å². The molecule has 0 spiro atoms. The predicted octanol–water partition coefficient (Wildman–Crippen LogP) is 4.09. The van der Waals surface area contributed by atoms with Crippen LogP contribution in [0.4, 0.5) is 0 Å². The number of aromatic nitrogens is 2. The van der Waals surface area contributed by atoms with Gasteiger partial charge in [-0.15, -0.1) is 0 Å². The van der Waals surface area contributed by atoms with Crippen LogP contribution < -0.4 is 0 Å². The zero-order chi connectivity index (χ0) is 13.0. The Bertz CT molecular complexity index is 625. The second-order valence-corrected chi connectivity index (χ2v) is 6.76. The highest BCUT2D eigenvalue weighted by Gasteiger charge is 2.39. The highest BCUT2D eigenvalue weighted by atomic mass is 15.0. The molecule has 1 aromatic heterocycles. The van der Waals surface area contributed by atoms with Gasteiger partial charge in [-0.1, -0.05) is 6.42 Å². The molecule has 0 aliphatic heterocycles. The summed E-state index contributed by atoms with van der Waals surface area (Å²) >= 11 is 0. The number of hydrogen-bond acceptors (Lipinski definition) is 1. The van der Waals surface area contributed by atoms with E-state index < -0.39 is 0 Å². The molecule has 0 radical (unpaired) electrons. The molecule has 1 aromatic carbocycles. The van der Waals surface area contributed by atoms with Crippen molar-refractivity contribution in [3.63, 3.8) is 0 Å². The Labute approximate surface area is 114 Å². The van der Waals surface area contributed by atoms with Gasteiger partial charge in [0.25, 0.3) is 0 Å². The lowest BCUT2D eigenvalue weighted by molar-refractivity contribution is 0.298. The first-order valence-electron chi connectivity index (χ1n) is 7.63. The Hall–Kier alpha value is -1.31. The van der Waals surface area contributed by atoms with E-state index in [4.69, 9.17) is 0 Å². The maximum Gasteiger partial charge on any atom is 0.0958 e. The lowest BCUT2D eigenvalue weighted by Crippen LogP contribution is -2.16. The van der Waals surface area contributed by atoms with E-state index in [2.05, 4.69) is 41.9 Å². The van der Waals surface area contributed by atoms with Crippen LogP contribution in [0.1, 0.15) is 36.8 Å². The van der Waals surface area contributed by atoms with Crippen LogP contribution in [0.3, 0.4) is 0 Å². The normalized spacial score (nSPS) is 29.5. The Morgan fingerprint density at radius 2 is 2.00 bits per heavy atom. The fourth-order valence-corrected chi connectivity index (χ4v) is 4.31. The predicted molar refractivity (Wildman–Crippen MR) is 78.1 cm³/mol. The van der Waals surface area contributed by atoms with E-state index in [0.29, 0.717) is 0 Å². The van der Waals surface area contributed by atoms with E-state index in [1.807, 2.05) is 0 Å². The standard InChI is InChI=1S/C17H22N2/c1-11-5-16-17(6-12(11)2)19(10-18-16)9-15-8-13-3-4-14(15)7-13/h5-6,10,13-15H,3-4,7-9H2,1-2H3. The smallest absolute Gasteiger partial charge is 0.0958 e. The Kier molecular flexibility index (Phi) is 2.48. The molecular formula is C17H22N2. The molecular weight excluding hydrogens is 232 g/mol.